The largest absolute Gasteiger partial charge is 0.309 e. The summed E-state index contributed by atoms with van der Waals surface area (Å²) < 4.78 is 3.81. The molecule has 0 aliphatic heterocycles. The maximum atomic E-state index is 5.22. The molecule has 3 nitrogen and oxygen atoms in total. The summed E-state index contributed by atoms with van der Waals surface area (Å²) in [6, 6.07) is 44.4. The highest BCUT2D eigenvalue weighted by molar-refractivity contribution is 7.20. The highest BCUT2D eigenvalue weighted by Crippen LogP contribution is 2.42. The third kappa shape index (κ3) is 5.72. The molecule has 0 bridgehead atoms. The van der Waals surface area contributed by atoms with Crippen LogP contribution in [0.25, 0.3) is 77.2 Å². The minimum atomic E-state index is 0.248. The van der Waals surface area contributed by atoms with Gasteiger partial charge in [-0.15, -0.1) is 11.3 Å². The summed E-state index contributed by atoms with van der Waals surface area (Å²) in [5.41, 5.74) is 14.4. The Morgan fingerprint density at radius 1 is 0.643 bits per heavy atom. The Labute approximate surface area is 331 Å². The molecule has 1 atom stereocenters. The third-order valence-electron chi connectivity index (χ3n) is 11.7. The topological polar surface area (TPSA) is 30.7 Å². The molecule has 0 saturated carbocycles. The Morgan fingerprint density at radius 2 is 1.48 bits per heavy atom. The summed E-state index contributed by atoms with van der Waals surface area (Å²) in [6.07, 6.45) is 23.2. The molecule has 0 spiro atoms. The van der Waals surface area contributed by atoms with Crippen molar-refractivity contribution in [2.24, 2.45) is 0 Å². The van der Waals surface area contributed by atoms with Gasteiger partial charge in [0.15, 0.2) is 5.82 Å². The number of hydrogen-bond acceptors (Lipinski definition) is 3. The molecule has 56 heavy (non-hydrogen) atoms. The van der Waals surface area contributed by atoms with E-state index in [0.29, 0.717) is 0 Å². The molecule has 3 heterocycles. The highest BCUT2D eigenvalue weighted by Gasteiger charge is 2.20. The van der Waals surface area contributed by atoms with Gasteiger partial charge in [0.25, 0.3) is 0 Å². The second kappa shape index (κ2) is 13.7. The van der Waals surface area contributed by atoms with E-state index in [1.54, 1.807) is 0 Å². The number of fused-ring (bicyclic) bond motifs is 6. The number of hydrogen-bond donors (Lipinski definition) is 0. The summed E-state index contributed by atoms with van der Waals surface area (Å²) in [4.78, 5) is 11.9. The van der Waals surface area contributed by atoms with Crippen LogP contribution in [0.3, 0.4) is 0 Å². The molecule has 268 valence electrons. The Kier molecular flexibility index (Phi) is 8.10. The number of allylic oxidation sites excluding steroid dienone is 9. The fourth-order valence-corrected chi connectivity index (χ4v) is 10.2. The predicted octanol–water partition coefficient (Wildman–Crippen LogP) is 13.9. The van der Waals surface area contributed by atoms with Gasteiger partial charge >= 0.3 is 0 Å². The second-order valence-electron chi connectivity index (χ2n) is 15.1. The number of rotatable bonds is 6. The minimum absolute atomic E-state index is 0.248. The van der Waals surface area contributed by atoms with Crippen LogP contribution >= 0.6 is 11.3 Å². The SMILES string of the molecule is C1=CCC(c2cc(-c3ccccc3)nc(C3=CC(c4ccc5c(c4)c4ccccc4n5-c4ccc(-c5cccc6c7c(sc56)CCC=C7)cc4)=CCC3)n2)C=C1. The zero-order valence-electron chi connectivity index (χ0n) is 31.0. The van der Waals surface area contributed by atoms with E-state index in [2.05, 4.69) is 175 Å². The van der Waals surface area contributed by atoms with E-state index in [-0.39, 0.29) is 5.92 Å². The van der Waals surface area contributed by atoms with Gasteiger partial charge in [-0.05, 0) is 108 Å². The molecule has 0 radical (unpaired) electrons. The quantitative estimate of drug-likeness (QED) is 0.170. The molecule has 3 aromatic heterocycles. The van der Waals surface area contributed by atoms with Crippen LogP contribution in [0.5, 0.6) is 0 Å². The average molecular weight is 738 g/mol. The van der Waals surface area contributed by atoms with Gasteiger partial charge in [0.2, 0.25) is 0 Å². The van der Waals surface area contributed by atoms with E-state index in [1.165, 1.54) is 75.9 Å². The van der Waals surface area contributed by atoms with Crippen LogP contribution in [-0.2, 0) is 6.42 Å². The van der Waals surface area contributed by atoms with Crippen LogP contribution in [0, 0.1) is 0 Å². The average Bonchev–Trinajstić information content (AvgIpc) is 3.83. The van der Waals surface area contributed by atoms with E-state index < -0.39 is 0 Å². The van der Waals surface area contributed by atoms with Crippen LogP contribution in [0.15, 0.2) is 164 Å². The van der Waals surface area contributed by atoms with Crippen molar-refractivity contribution in [3.8, 4) is 28.1 Å². The first-order chi connectivity index (χ1) is 27.7. The van der Waals surface area contributed by atoms with Crippen LogP contribution in [0.2, 0.25) is 0 Å². The molecule has 11 rings (SSSR count). The lowest BCUT2D eigenvalue weighted by Gasteiger charge is -2.18. The number of aryl methyl sites for hydroxylation is 1. The zero-order valence-corrected chi connectivity index (χ0v) is 31.8. The molecular formula is C52H39N3S. The van der Waals surface area contributed by atoms with Crippen molar-refractivity contribution < 1.29 is 0 Å². The number of para-hydroxylation sites is 1. The highest BCUT2D eigenvalue weighted by atomic mass is 32.1. The number of thiophene rings is 1. The lowest BCUT2D eigenvalue weighted by atomic mass is 9.92. The van der Waals surface area contributed by atoms with Crippen LogP contribution in [0.4, 0.5) is 0 Å². The van der Waals surface area contributed by atoms with Gasteiger partial charge in [0.1, 0.15) is 0 Å². The fourth-order valence-electron chi connectivity index (χ4n) is 8.86. The molecule has 4 heteroatoms. The monoisotopic (exact) mass is 737 g/mol. The Bertz CT molecular complexity index is 2990. The van der Waals surface area contributed by atoms with Crippen molar-refractivity contribution in [1.82, 2.24) is 14.5 Å². The van der Waals surface area contributed by atoms with Crippen molar-refractivity contribution in [2.45, 2.75) is 38.0 Å². The van der Waals surface area contributed by atoms with Crippen LogP contribution < -0.4 is 0 Å². The first-order valence-corrected chi connectivity index (χ1v) is 20.6. The molecule has 1 unspecified atom stereocenters. The zero-order chi connectivity index (χ0) is 37.0. The molecule has 0 fully saturated rings. The predicted molar refractivity (Wildman–Crippen MR) is 237 cm³/mol. The van der Waals surface area contributed by atoms with Crippen LogP contribution in [-0.4, -0.2) is 14.5 Å². The van der Waals surface area contributed by atoms with Gasteiger partial charge < -0.3 is 4.57 Å². The maximum absolute atomic E-state index is 5.22. The Morgan fingerprint density at radius 3 is 2.38 bits per heavy atom. The molecule has 0 saturated heterocycles. The molecule has 3 aliphatic carbocycles. The van der Waals surface area contributed by atoms with E-state index in [4.69, 9.17) is 9.97 Å². The summed E-state index contributed by atoms with van der Waals surface area (Å²) in [5, 5.41) is 3.89. The summed E-state index contributed by atoms with van der Waals surface area (Å²) >= 11 is 1.97. The summed E-state index contributed by atoms with van der Waals surface area (Å²) in [7, 11) is 0. The molecule has 8 aromatic rings. The number of aromatic nitrogens is 3. The molecule has 0 amide bonds. The van der Waals surface area contributed by atoms with E-state index in [0.717, 1.165) is 54.9 Å². The lowest BCUT2D eigenvalue weighted by Crippen LogP contribution is -2.07. The molecular weight excluding hydrogens is 699 g/mol. The van der Waals surface area contributed by atoms with Gasteiger partial charge in [-0.2, -0.15) is 0 Å². The van der Waals surface area contributed by atoms with Crippen molar-refractivity contribution >= 4 is 60.5 Å². The number of nitrogens with zero attached hydrogens (tertiary/aromatic N) is 3. The van der Waals surface area contributed by atoms with E-state index in [9.17, 15) is 0 Å². The second-order valence-corrected chi connectivity index (χ2v) is 16.2. The molecule has 0 N–H and O–H groups in total. The number of benzene rings is 5. The molecule has 3 aliphatic rings. The third-order valence-corrected chi connectivity index (χ3v) is 13.0. The lowest BCUT2D eigenvalue weighted by molar-refractivity contribution is 0.802. The van der Waals surface area contributed by atoms with Gasteiger partial charge in [-0.1, -0.05) is 127 Å². The van der Waals surface area contributed by atoms with Crippen molar-refractivity contribution in [1.29, 1.82) is 0 Å². The Hall–Kier alpha value is -6.36. The van der Waals surface area contributed by atoms with Crippen molar-refractivity contribution in [3.05, 3.63) is 191 Å². The van der Waals surface area contributed by atoms with Gasteiger partial charge in [0, 0.05) is 42.9 Å². The minimum Gasteiger partial charge on any atom is -0.309 e. The summed E-state index contributed by atoms with van der Waals surface area (Å²) in [5.74, 6) is 1.08. The van der Waals surface area contributed by atoms with Gasteiger partial charge in [-0.3, -0.25) is 0 Å². The fraction of sp³-hybridized carbons (Fsp3) is 0.115. The van der Waals surface area contributed by atoms with Crippen molar-refractivity contribution in [3.63, 3.8) is 0 Å². The normalized spacial score (nSPS) is 16.4. The smallest absolute Gasteiger partial charge is 0.156 e. The van der Waals surface area contributed by atoms with E-state index in [1.807, 2.05) is 11.3 Å². The van der Waals surface area contributed by atoms with Gasteiger partial charge in [-0.25, -0.2) is 9.97 Å². The van der Waals surface area contributed by atoms with Crippen molar-refractivity contribution in [2.75, 3.05) is 0 Å². The Balaban J connectivity index is 0.962. The van der Waals surface area contributed by atoms with Crippen LogP contribution in [0.1, 0.15) is 59.1 Å². The first-order valence-electron chi connectivity index (χ1n) is 19.8. The molecule has 5 aromatic carbocycles. The first kappa shape index (κ1) is 33.0. The maximum Gasteiger partial charge on any atom is 0.156 e. The van der Waals surface area contributed by atoms with E-state index >= 15 is 0 Å². The standard InChI is InChI=1S/C52H39N3S/c1-3-13-35(14-4-1)46-33-47(36-15-5-2-6-16-36)54-52(53-46)39-18-11-17-37(31-39)38-27-30-49-45(32-38)42-19-7-9-23-48(42)55(49)40-28-25-34(26-29-40)41-21-12-22-44-43-20-8-10-24-50(43)56-51(41)44/h1-9,12-15,17,19-23,25-33,36H,10-11,16,18,24H2. The van der Waals surface area contributed by atoms with Gasteiger partial charge in [0.05, 0.1) is 22.4 Å². The summed E-state index contributed by atoms with van der Waals surface area (Å²) in [6.45, 7) is 0.